The molecule has 1 heterocycles. The summed E-state index contributed by atoms with van der Waals surface area (Å²) in [6.45, 7) is 7.42. The number of pyridine rings is 1. The molecule has 0 aliphatic heterocycles. The molecule has 5 nitrogen and oxygen atoms in total. The molecule has 0 bridgehead atoms. The quantitative estimate of drug-likeness (QED) is 0.708. The molecule has 0 saturated heterocycles. The SMILES string of the molecule is Cc1cc(C#N)cnc1N(C[C@]1(C)C[C@](C)(c2cccc(F)c2)C1)C(=O)NCC1CC1. The van der Waals surface area contributed by atoms with Crippen molar-refractivity contribution in [2.24, 2.45) is 11.3 Å². The molecule has 2 aromatic rings. The van der Waals surface area contributed by atoms with E-state index in [2.05, 4.69) is 30.2 Å². The molecule has 0 spiro atoms. The van der Waals surface area contributed by atoms with Gasteiger partial charge < -0.3 is 5.32 Å². The van der Waals surface area contributed by atoms with Gasteiger partial charge in [0.15, 0.2) is 0 Å². The summed E-state index contributed by atoms with van der Waals surface area (Å²) in [5.74, 6) is 0.954. The molecule has 0 unspecified atom stereocenters. The van der Waals surface area contributed by atoms with Gasteiger partial charge in [0, 0.05) is 19.3 Å². The highest BCUT2D eigenvalue weighted by Crippen LogP contribution is 2.56. The van der Waals surface area contributed by atoms with Gasteiger partial charge in [0.2, 0.25) is 0 Å². The van der Waals surface area contributed by atoms with Crippen molar-refractivity contribution in [3.63, 3.8) is 0 Å². The number of rotatable bonds is 6. The Morgan fingerprint density at radius 2 is 2.06 bits per heavy atom. The van der Waals surface area contributed by atoms with Crippen LogP contribution in [0, 0.1) is 35.4 Å². The Balaban J connectivity index is 1.54. The fourth-order valence-corrected chi connectivity index (χ4v) is 5.20. The van der Waals surface area contributed by atoms with Crippen LogP contribution in [0.5, 0.6) is 0 Å². The number of nitrogens with zero attached hydrogens (tertiary/aromatic N) is 3. The van der Waals surface area contributed by atoms with Crippen molar-refractivity contribution < 1.29 is 9.18 Å². The lowest BCUT2D eigenvalue weighted by Gasteiger charge is -2.55. The number of carbonyl (C=O) groups is 1. The van der Waals surface area contributed by atoms with Crippen molar-refractivity contribution in [3.05, 3.63) is 59.0 Å². The van der Waals surface area contributed by atoms with Gasteiger partial charge in [-0.25, -0.2) is 14.2 Å². The molecular weight excluding hydrogens is 391 g/mol. The lowest BCUT2D eigenvalue weighted by molar-refractivity contribution is 0.0596. The first-order valence-electron chi connectivity index (χ1n) is 10.9. The summed E-state index contributed by atoms with van der Waals surface area (Å²) in [4.78, 5) is 19.3. The molecule has 0 atom stereocenters. The van der Waals surface area contributed by atoms with Gasteiger partial charge in [0.05, 0.1) is 5.56 Å². The number of aromatic nitrogens is 1. The minimum absolute atomic E-state index is 0.111. The van der Waals surface area contributed by atoms with Crippen LogP contribution in [0.3, 0.4) is 0 Å². The van der Waals surface area contributed by atoms with Gasteiger partial charge in [-0.3, -0.25) is 4.90 Å². The predicted molar refractivity (Wildman–Crippen MR) is 118 cm³/mol. The fraction of sp³-hybridized carbons (Fsp3) is 0.480. The first kappa shape index (κ1) is 21.3. The zero-order valence-corrected chi connectivity index (χ0v) is 18.4. The van der Waals surface area contributed by atoms with E-state index in [1.807, 2.05) is 13.0 Å². The summed E-state index contributed by atoms with van der Waals surface area (Å²) in [5.41, 5.74) is 2.06. The monoisotopic (exact) mass is 420 g/mol. The summed E-state index contributed by atoms with van der Waals surface area (Å²) in [6, 6.07) is 10.5. The third kappa shape index (κ3) is 4.56. The smallest absolute Gasteiger partial charge is 0.323 e. The standard InChI is InChI=1S/C25H29FN4O/c1-17-9-19(11-27)13-28-22(17)30(23(31)29-12-18-7-8-18)16-24(2)14-25(3,15-24)20-5-4-6-21(26)10-20/h4-6,9-10,13,18H,7-8,12,14-16H2,1-3H3,(H,29,31)/t24-,25+. The Morgan fingerprint density at radius 3 is 2.68 bits per heavy atom. The Hall–Kier alpha value is -2.94. The number of amides is 2. The lowest BCUT2D eigenvalue weighted by Crippen LogP contribution is -2.55. The van der Waals surface area contributed by atoms with Crippen molar-refractivity contribution in [3.8, 4) is 6.07 Å². The van der Waals surface area contributed by atoms with Gasteiger partial charge in [-0.05, 0) is 78.7 Å². The fourth-order valence-electron chi connectivity index (χ4n) is 5.20. The number of aryl methyl sites for hydroxylation is 1. The van der Waals surface area contributed by atoms with Gasteiger partial charge in [0.1, 0.15) is 17.7 Å². The molecule has 1 aromatic carbocycles. The van der Waals surface area contributed by atoms with E-state index in [0.717, 1.165) is 36.8 Å². The molecule has 2 fully saturated rings. The third-order valence-corrected chi connectivity index (χ3v) is 6.61. The molecule has 2 aliphatic rings. The third-order valence-electron chi connectivity index (χ3n) is 6.61. The molecule has 4 rings (SSSR count). The summed E-state index contributed by atoms with van der Waals surface area (Å²) < 4.78 is 13.8. The number of halogens is 1. The summed E-state index contributed by atoms with van der Waals surface area (Å²) in [5, 5.41) is 12.2. The second-order valence-electron chi connectivity index (χ2n) is 9.93. The van der Waals surface area contributed by atoms with Gasteiger partial charge in [-0.15, -0.1) is 0 Å². The highest BCUT2D eigenvalue weighted by Gasteiger charge is 2.51. The van der Waals surface area contributed by atoms with Crippen LogP contribution < -0.4 is 10.2 Å². The highest BCUT2D eigenvalue weighted by molar-refractivity contribution is 5.91. The average Bonchev–Trinajstić information content (AvgIpc) is 3.54. The number of nitriles is 1. The van der Waals surface area contributed by atoms with E-state index in [-0.39, 0.29) is 22.7 Å². The van der Waals surface area contributed by atoms with Gasteiger partial charge in [-0.1, -0.05) is 26.0 Å². The van der Waals surface area contributed by atoms with Crippen molar-refractivity contribution in [2.45, 2.75) is 51.9 Å². The van der Waals surface area contributed by atoms with Crippen molar-refractivity contribution >= 4 is 11.8 Å². The Kier molecular flexibility index (Phi) is 5.47. The number of anilines is 1. The van der Waals surface area contributed by atoms with E-state index in [1.54, 1.807) is 23.1 Å². The minimum atomic E-state index is -0.217. The molecule has 2 aliphatic carbocycles. The number of carbonyl (C=O) groups excluding carboxylic acids is 1. The maximum atomic E-state index is 13.8. The van der Waals surface area contributed by atoms with E-state index in [4.69, 9.17) is 5.26 Å². The zero-order valence-electron chi connectivity index (χ0n) is 18.4. The maximum absolute atomic E-state index is 13.8. The van der Waals surface area contributed by atoms with E-state index in [0.29, 0.717) is 30.4 Å². The Labute approximate surface area is 183 Å². The summed E-state index contributed by atoms with van der Waals surface area (Å²) in [7, 11) is 0. The molecule has 6 heteroatoms. The normalized spacial score (nSPS) is 24.7. The van der Waals surface area contributed by atoms with E-state index in [1.165, 1.54) is 12.3 Å². The molecule has 0 radical (unpaired) electrons. The zero-order chi connectivity index (χ0) is 22.2. The first-order valence-corrected chi connectivity index (χ1v) is 10.9. The van der Waals surface area contributed by atoms with Crippen LogP contribution in [0.25, 0.3) is 0 Å². The summed E-state index contributed by atoms with van der Waals surface area (Å²) in [6.07, 6.45) is 5.55. The van der Waals surface area contributed by atoms with Crippen LogP contribution in [-0.2, 0) is 5.41 Å². The molecule has 31 heavy (non-hydrogen) atoms. The number of urea groups is 1. The molecular formula is C25H29FN4O. The number of nitrogens with one attached hydrogen (secondary N) is 1. The van der Waals surface area contributed by atoms with E-state index < -0.39 is 0 Å². The Bertz CT molecular complexity index is 1030. The second kappa shape index (κ2) is 7.96. The van der Waals surface area contributed by atoms with Crippen molar-refractivity contribution in [1.82, 2.24) is 10.3 Å². The van der Waals surface area contributed by atoms with Crippen molar-refractivity contribution in [2.75, 3.05) is 18.0 Å². The molecule has 1 N–H and O–H groups in total. The largest absolute Gasteiger partial charge is 0.337 e. The maximum Gasteiger partial charge on any atom is 0.323 e. The second-order valence-corrected chi connectivity index (χ2v) is 9.93. The van der Waals surface area contributed by atoms with Gasteiger partial charge >= 0.3 is 6.03 Å². The van der Waals surface area contributed by atoms with E-state index >= 15 is 0 Å². The van der Waals surface area contributed by atoms with Crippen molar-refractivity contribution in [1.29, 1.82) is 5.26 Å². The average molecular weight is 421 g/mol. The number of hydrogen-bond acceptors (Lipinski definition) is 3. The lowest BCUT2D eigenvalue weighted by atomic mass is 9.52. The topological polar surface area (TPSA) is 69.0 Å². The minimum Gasteiger partial charge on any atom is -0.337 e. The molecule has 1 aromatic heterocycles. The van der Waals surface area contributed by atoms with Gasteiger partial charge in [-0.2, -0.15) is 5.26 Å². The van der Waals surface area contributed by atoms with E-state index in [9.17, 15) is 9.18 Å². The van der Waals surface area contributed by atoms with Crippen LogP contribution in [0.2, 0.25) is 0 Å². The van der Waals surface area contributed by atoms with Crippen LogP contribution in [0.15, 0.2) is 36.5 Å². The first-order chi connectivity index (χ1) is 14.7. The molecule has 2 amide bonds. The van der Waals surface area contributed by atoms with Crippen LogP contribution in [0.4, 0.5) is 15.0 Å². The number of benzene rings is 1. The van der Waals surface area contributed by atoms with Crippen LogP contribution in [0.1, 0.15) is 56.2 Å². The van der Waals surface area contributed by atoms with Crippen LogP contribution in [-0.4, -0.2) is 24.1 Å². The Morgan fingerprint density at radius 1 is 1.32 bits per heavy atom. The number of hydrogen-bond donors (Lipinski definition) is 1. The summed E-state index contributed by atoms with van der Waals surface area (Å²) >= 11 is 0. The predicted octanol–water partition coefficient (Wildman–Crippen LogP) is 5.08. The van der Waals surface area contributed by atoms with Crippen LogP contribution >= 0.6 is 0 Å². The van der Waals surface area contributed by atoms with Gasteiger partial charge in [0.25, 0.3) is 0 Å². The molecule has 162 valence electrons. The highest BCUT2D eigenvalue weighted by atomic mass is 19.1. The molecule has 2 saturated carbocycles.